The Bertz CT molecular complexity index is 1060. The zero-order valence-corrected chi connectivity index (χ0v) is 16.8. The molecule has 30 heavy (non-hydrogen) atoms. The van der Waals surface area contributed by atoms with Gasteiger partial charge in [0.25, 0.3) is 0 Å². The van der Waals surface area contributed by atoms with E-state index < -0.39 is 29.5 Å². The van der Waals surface area contributed by atoms with Crippen molar-refractivity contribution in [3.63, 3.8) is 0 Å². The van der Waals surface area contributed by atoms with Crippen LogP contribution in [0, 0.1) is 18.7 Å². The van der Waals surface area contributed by atoms with Crippen molar-refractivity contribution >= 4 is 23.3 Å². The summed E-state index contributed by atoms with van der Waals surface area (Å²) in [4.78, 5) is 12.4. The summed E-state index contributed by atoms with van der Waals surface area (Å²) >= 11 is 6.00. The maximum Gasteiger partial charge on any atom is 0.435 e. The highest BCUT2D eigenvalue weighted by atomic mass is 35.5. The van der Waals surface area contributed by atoms with Gasteiger partial charge in [0.2, 0.25) is 5.91 Å². The number of benzene rings is 1. The Morgan fingerprint density at radius 2 is 1.97 bits per heavy atom. The predicted molar refractivity (Wildman–Crippen MR) is 102 cm³/mol. The van der Waals surface area contributed by atoms with Crippen LogP contribution in [0.2, 0.25) is 5.02 Å². The molecule has 0 fully saturated rings. The molecule has 0 saturated carbocycles. The van der Waals surface area contributed by atoms with Crippen LogP contribution in [-0.2, 0) is 24.1 Å². The summed E-state index contributed by atoms with van der Waals surface area (Å²) in [5.74, 6) is -1.23. The van der Waals surface area contributed by atoms with Gasteiger partial charge in [-0.1, -0.05) is 24.6 Å². The van der Waals surface area contributed by atoms with Crippen LogP contribution >= 0.6 is 11.6 Å². The summed E-state index contributed by atoms with van der Waals surface area (Å²) in [6.07, 6.45) is -2.92. The summed E-state index contributed by atoms with van der Waals surface area (Å²) in [6.45, 7) is 3.34. The lowest BCUT2D eigenvalue weighted by Crippen LogP contribution is -2.25. The summed E-state index contributed by atoms with van der Waals surface area (Å²) in [5.41, 5.74) is -0.0322. The third kappa shape index (κ3) is 5.18. The number of nitrogens with zero attached hydrogens (tertiary/aromatic N) is 4. The maximum absolute atomic E-state index is 13.1. The normalized spacial score (nSPS) is 12.8. The number of alkyl halides is 3. The Balaban J connectivity index is 1.61. The summed E-state index contributed by atoms with van der Waals surface area (Å²) in [6, 6.07) is 6.54. The van der Waals surface area contributed by atoms with E-state index >= 15 is 0 Å². The van der Waals surface area contributed by atoms with E-state index in [4.69, 9.17) is 11.6 Å². The molecule has 0 saturated heterocycles. The fourth-order valence-corrected chi connectivity index (χ4v) is 2.99. The van der Waals surface area contributed by atoms with Crippen LogP contribution in [0.25, 0.3) is 0 Å². The zero-order chi connectivity index (χ0) is 22.1. The van der Waals surface area contributed by atoms with Gasteiger partial charge in [0.1, 0.15) is 5.82 Å². The van der Waals surface area contributed by atoms with Gasteiger partial charge < -0.3 is 5.32 Å². The molecule has 160 valence electrons. The molecule has 11 heteroatoms. The number of aryl methyl sites for hydroxylation is 1. The lowest BCUT2D eigenvalue weighted by atomic mass is 10.1. The second-order valence-electron chi connectivity index (χ2n) is 6.88. The Kier molecular flexibility index (Phi) is 6.16. The molecule has 1 atom stereocenters. The number of amides is 1. The standard InChI is InChI=1S/C19H18ClF4N5O/c1-11(9-29-12(2)7-16(26-29)19(22,23)24)18(30)25-17-5-6-28(27-17)10-13-3-4-14(21)8-15(13)20/h3-8,11H,9-10H2,1-2H3,(H,25,27,30)/t11-/m1/s1. The van der Waals surface area contributed by atoms with Gasteiger partial charge in [-0.2, -0.15) is 23.4 Å². The van der Waals surface area contributed by atoms with Gasteiger partial charge in [-0.15, -0.1) is 0 Å². The lowest BCUT2D eigenvalue weighted by Gasteiger charge is -2.12. The van der Waals surface area contributed by atoms with E-state index in [0.717, 1.165) is 10.7 Å². The van der Waals surface area contributed by atoms with Crippen molar-refractivity contribution in [1.82, 2.24) is 19.6 Å². The molecule has 0 aliphatic carbocycles. The van der Waals surface area contributed by atoms with Gasteiger partial charge >= 0.3 is 6.18 Å². The molecule has 0 unspecified atom stereocenters. The number of rotatable bonds is 6. The molecule has 0 spiro atoms. The molecule has 3 aromatic rings. The average Bonchev–Trinajstić information content (AvgIpc) is 3.24. The molecular formula is C19H18ClF4N5O. The van der Waals surface area contributed by atoms with Crippen LogP contribution in [0.15, 0.2) is 36.5 Å². The number of carbonyl (C=O) groups excluding carboxylic acids is 1. The van der Waals surface area contributed by atoms with Gasteiger partial charge in [-0.3, -0.25) is 14.2 Å². The molecule has 0 radical (unpaired) electrons. The average molecular weight is 444 g/mol. The number of hydrogen-bond acceptors (Lipinski definition) is 3. The van der Waals surface area contributed by atoms with E-state index in [1.807, 2.05) is 0 Å². The van der Waals surface area contributed by atoms with Crippen molar-refractivity contribution in [2.45, 2.75) is 33.1 Å². The molecular weight excluding hydrogens is 426 g/mol. The minimum Gasteiger partial charge on any atom is -0.309 e. The summed E-state index contributed by atoms with van der Waals surface area (Å²) < 4.78 is 54.1. The van der Waals surface area contributed by atoms with Gasteiger partial charge in [-0.05, 0) is 30.7 Å². The first-order valence-electron chi connectivity index (χ1n) is 8.93. The highest BCUT2D eigenvalue weighted by Crippen LogP contribution is 2.28. The van der Waals surface area contributed by atoms with E-state index in [1.165, 1.54) is 23.7 Å². The Labute approximate surface area is 174 Å². The van der Waals surface area contributed by atoms with Crippen molar-refractivity contribution in [1.29, 1.82) is 0 Å². The van der Waals surface area contributed by atoms with Gasteiger partial charge in [0.15, 0.2) is 11.5 Å². The topological polar surface area (TPSA) is 64.7 Å². The largest absolute Gasteiger partial charge is 0.435 e. The van der Waals surface area contributed by atoms with Crippen LogP contribution in [0.1, 0.15) is 23.9 Å². The van der Waals surface area contributed by atoms with E-state index in [2.05, 4.69) is 15.5 Å². The molecule has 1 aromatic carbocycles. The van der Waals surface area contributed by atoms with Gasteiger partial charge in [-0.25, -0.2) is 4.39 Å². The first kappa shape index (κ1) is 21.8. The maximum atomic E-state index is 13.1. The Morgan fingerprint density at radius 1 is 1.23 bits per heavy atom. The van der Waals surface area contributed by atoms with Crippen molar-refractivity contribution in [2.24, 2.45) is 5.92 Å². The van der Waals surface area contributed by atoms with Crippen molar-refractivity contribution in [3.8, 4) is 0 Å². The second-order valence-corrected chi connectivity index (χ2v) is 7.28. The first-order valence-corrected chi connectivity index (χ1v) is 9.30. The zero-order valence-electron chi connectivity index (χ0n) is 16.0. The third-order valence-electron chi connectivity index (χ3n) is 4.41. The van der Waals surface area contributed by atoms with Crippen LogP contribution in [0.4, 0.5) is 23.4 Å². The molecule has 2 aromatic heterocycles. The third-order valence-corrected chi connectivity index (χ3v) is 4.76. The predicted octanol–water partition coefficient (Wildman–Crippen LogP) is 4.52. The number of carbonyl (C=O) groups is 1. The molecule has 0 aliphatic rings. The molecule has 0 bridgehead atoms. The fraction of sp³-hybridized carbons (Fsp3) is 0.316. The second kappa shape index (κ2) is 8.47. The smallest absolute Gasteiger partial charge is 0.309 e. The molecule has 1 amide bonds. The van der Waals surface area contributed by atoms with E-state index in [1.54, 1.807) is 25.3 Å². The van der Waals surface area contributed by atoms with Crippen LogP contribution < -0.4 is 5.32 Å². The lowest BCUT2D eigenvalue weighted by molar-refractivity contribution is -0.141. The van der Waals surface area contributed by atoms with E-state index in [0.29, 0.717) is 11.3 Å². The summed E-state index contributed by atoms with van der Waals surface area (Å²) in [7, 11) is 0. The SMILES string of the molecule is Cc1cc(C(F)(F)F)nn1C[C@@H](C)C(=O)Nc1ccn(Cc2ccc(F)cc2Cl)n1. The van der Waals surface area contributed by atoms with Gasteiger partial charge in [0.05, 0.1) is 19.0 Å². The van der Waals surface area contributed by atoms with Crippen molar-refractivity contribution in [2.75, 3.05) is 5.32 Å². The van der Waals surface area contributed by atoms with Crippen LogP contribution in [0.5, 0.6) is 0 Å². The summed E-state index contributed by atoms with van der Waals surface area (Å²) in [5, 5.41) is 10.6. The molecule has 0 aliphatic heterocycles. The number of aromatic nitrogens is 4. The Morgan fingerprint density at radius 3 is 2.60 bits per heavy atom. The quantitative estimate of drug-likeness (QED) is 0.570. The molecule has 1 N–H and O–H groups in total. The first-order chi connectivity index (χ1) is 14.0. The van der Waals surface area contributed by atoms with Gasteiger partial charge in [0, 0.05) is 23.0 Å². The van der Waals surface area contributed by atoms with E-state index in [9.17, 15) is 22.4 Å². The van der Waals surface area contributed by atoms with Crippen LogP contribution in [-0.4, -0.2) is 25.5 Å². The highest BCUT2D eigenvalue weighted by molar-refractivity contribution is 6.31. The van der Waals surface area contributed by atoms with Crippen LogP contribution in [0.3, 0.4) is 0 Å². The minimum absolute atomic E-state index is 0.0142. The molecule has 3 rings (SSSR count). The fourth-order valence-electron chi connectivity index (χ4n) is 2.77. The Hall–Kier alpha value is -2.88. The van der Waals surface area contributed by atoms with E-state index in [-0.39, 0.29) is 23.9 Å². The van der Waals surface area contributed by atoms with Crippen molar-refractivity contribution in [3.05, 3.63) is 64.3 Å². The number of nitrogens with one attached hydrogen (secondary N) is 1. The molecule has 6 nitrogen and oxygen atoms in total. The minimum atomic E-state index is -4.54. The molecule has 2 heterocycles. The number of anilines is 1. The highest BCUT2D eigenvalue weighted by Gasteiger charge is 2.34. The van der Waals surface area contributed by atoms with Crippen molar-refractivity contribution < 1.29 is 22.4 Å². The number of hydrogen-bond donors (Lipinski definition) is 1. The monoisotopic (exact) mass is 443 g/mol. The number of halogens is 5.